The number of carbonyl (C=O) groups excluding carboxylic acids is 1. The van der Waals surface area contributed by atoms with Gasteiger partial charge in [-0.05, 0) is 25.8 Å². The smallest absolute Gasteiger partial charge is 0.275 e. The van der Waals surface area contributed by atoms with E-state index in [4.69, 9.17) is 0 Å². The monoisotopic (exact) mass is 415 g/mol. The maximum absolute atomic E-state index is 14.2. The number of piperidine rings is 1. The van der Waals surface area contributed by atoms with Gasteiger partial charge in [-0.25, -0.2) is 19.3 Å². The van der Waals surface area contributed by atoms with Crippen molar-refractivity contribution in [1.29, 1.82) is 0 Å². The number of amides is 1. The first-order valence-electron chi connectivity index (χ1n) is 10.2. The highest BCUT2D eigenvalue weighted by atomic mass is 19.1. The third-order valence-corrected chi connectivity index (χ3v) is 5.61. The van der Waals surface area contributed by atoms with E-state index >= 15 is 0 Å². The number of halogens is 1. The molecule has 162 valence electrons. The number of fused-ring (bicyclic) bond motifs is 2. The number of imidazole rings is 1. The van der Waals surface area contributed by atoms with Gasteiger partial charge >= 0.3 is 0 Å². The first-order chi connectivity index (χ1) is 14.5. The molecule has 2 atom stereocenters. The van der Waals surface area contributed by atoms with Gasteiger partial charge in [-0.2, -0.15) is 0 Å². The van der Waals surface area contributed by atoms with Crippen molar-refractivity contribution in [3.05, 3.63) is 48.1 Å². The van der Waals surface area contributed by atoms with Crippen LogP contribution < -0.4 is 15.5 Å². The van der Waals surface area contributed by atoms with Gasteiger partial charge in [0.25, 0.3) is 5.91 Å². The van der Waals surface area contributed by atoms with Crippen LogP contribution in [0.3, 0.4) is 0 Å². The minimum atomic E-state index is -0.500. The Morgan fingerprint density at radius 3 is 2.57 bits per heavy atom. The highest BCUT2D eigenvalue weighted by molar-refractivity contribution is 6.02. The number of nitrogens with zero attached hydrogens (tertiary/aromatic N) is 5. The number of rotatable bonds is 4. The van der Waals surface area contributed by atoms with Crippen LogP contribution in [-0.2, 0) is 0 Å². The topological polar surface area (TPSA) is 87.5 Å². The minimum Gasteiger partial charge on any atom is -0.355 e. The van der Waals surface area contributed by atoms with Gasteiger partial charge in [-0.3, -0.25) is 4.79 Å². The second-order valence-electron chi connectivity index (χ2n) is 7.45. The van der Waals surface area contributed by atoms with E-state index in [9.17, 15) is 9.18 Å². The van der Waals surface area contributed by atoms with Crippen LogP contribution in [0.2, 0.25) is 0 Å². The van der Waals surface area contributed by atoms with Crippen LogP contribution >= 0.6 is 0 Å². The van der Waals surface area contributed by atoms with Crippen LogP contribution in [0.1, 0.15) is 32.9 Å². The van der Waals surface area contributed by atoms with E-state index in [-0.39, 0.29) is 14.2 Å². The first kappa shape index (κ1) is 20.2. The summed E-state index contributed by atoms with van der Waals surface area (Å²) in [5.74, 6) is 1.19. The summed E-state index contributed by atoms with van der Waals surface area (Å²) < 4.78 is 15.7. The number of nitrogens with one attached hydrogen (secondary N) is 2. The van der Waals surface area contributed by atoms with Crippen LogP contribution in [0.5, 0.6) is 0 Å². The van der Waals surface area contributed by atoms with E-state index in [2.05, 4.69) is 30.5 Å². The Labute approximate surface area is 177 Å². The molecule has 2 aliphatic rings. The average molecular weight is 416 g/mol. The fourth-order valence-electron chi connectivity index (χ4n) is 4.19. The summed E-state index contributed by atoms with van der Waals surface area (Å²) in [6.07, 6.45) is 6.40. The normalized spacial score (nSPS) is 21.8. The fraction of sp³-hybridized carbons (Fsp3) is 0.429. The Kier molecular flexibility index (Phi) is 5.38. The molecule has 30 heavy (non-hydrogen) atoms. The van der Waals surface area contributed by atoms with Gasteiger partial charge < -0.3 is 19.9 Å². The molecule has 8 nitrogen and oxygen atoms in total. The van der Waals surface area contributed by atoms with E-state index < -0.39 is 11.7 Å². The number of carbonyl (C=O) groups is 1. The van der Waals surface area contributed by atoms with Gasteiger partial charge in [-0.1, -0.05) is 13.8 Å². The molecule has 2 unspecified atom stereocenters. The summed E-state index contributed by atoms with van der Waals surface area (Å²) in [4.78, 5) is 27.4. The maximum atomic E-state index is 14.2. The molecule has 9 heteroatoms. The first-order valence-corrected chi connectivity index (χ1v) is 10.2. The van der Waals surface area contributed by atoms with Gasteiger partial charge in [0.2, 0.25) is 0 Å². The molecule has 0 spiro atoms. The van der Waals surface area contributed by atoms with E-state index in [1.807, 2.05) is 20.9 Å². The number of anilines is 2. The lowest BCUT2D eigenvalue weighted by Crippen LogP contribution is -2.30. The lowest BCUT2D eigenvalue weighted by molar-refractivity contribution is 0.102. The molecule has 2 fully saturated rings. The van der Waals surface area contributed by atoms with Crippen LogP contribution in [0.15, 0.2) is 30.9 Å². The van der Waals surface area contributed by atoms with E-state index in [1.165, 1.54) is 12.3 Å². The Morgan fingerprint density at radius 2 is 1.93 bits per heavy atom. The Balaban J connectivity index is 0.000000884. The summed E-state index contributed by atoms with van der Waals surface area (Å²) in [5.41, 5.74) is 1.44. The standard InChI is InChI=1S/C19H20FN7O.C2H6.2H2/c1-10-6-27-7-11(3-14(20)18(27)24-10)25-19(28)15-4-23-16(5-22-15)26-8-12-13(9-26)17(12)21-2;1-2;;/h3-7,12-13,17,21H,8-9H2,1-2H3,(H,25,28);1-2H3;2*1H. The van der Waals surface area contributed by atoms with Gasteiger partial charge in [0.15, 0.2) is 11.5 Å². The SMILES string of the molecule is CC.CNC1C2CN(c3cnc(C(=O)Nc4cc(F)c5nc(C)cn5c4)cn3)CC21.[HH].[HH]. The average Bonchev–Trinajstić information content (AvgIpc) is 3.04. The predicted molar refractivity (Wildman–Crippen MR) is 117 cm³/mol. The summed E-state index contributed by atoms with van der Waals surface area (Å²) in [6, 6.07) is 1.86. The summed E-state index contributed by atoms with van der Waals surface area (Å²) in [6.45, 7) is 7.70. The second kappa shape index (κ2) is 7.98. The molecule has 4 heterocycles. The summed E-state index contributed by atoms with van der Waals surface area (Å²) in [7, 11) is 2.00. The molecule has 3 aromatic rings. The van der Waals surface area contributed by atoms with Crippen LogP contribution in [0.25, 0.3) is 5.65 Å². The Morgan fingerprint density at radius 1 is 1.20 bits per heavy atom. The zero-order valence-corrected chi connectivity index (χ0v) is 17.6. The van der Waals surface area contributed by atoms with Crippen molar-refractivity contribution in [3.63, 3.8) is 0 Å². The summed E-state index contributed by atoms with van der Waals surface area (Å²) >= 11 is 0. The van der Waals surface area contributed by atoms with Crippen molar-refractivity contribution in [2.75, 3.05) is 30.4 Å². The number of aryl methyl sites for hydroxylation is 1. The third-order valence-electron chi connectivity index (χ3n) is 5.61. The van der Waals surface area contributed by atoms with E-state index in [0.717, 1.165) is 18.9 Å². The Hall–Kier alpha value is -3.07. The van der Waals surface area contributed by atoms with E-state index in [0.29, 0.717) is 29.3 Å². The molecule has 0 aromatic carbocycles. The summed E-state index contributed by atoms with van der Waals surface area (Å²) in [5, 5.41) is 5.99. The van der Waals surface area contributed by atoms with Crippen LogP contribution in [-0.4, -0.2) is 51.4 Å². The molecule has 1 amide bonds. The zero-order chi connectivity index (χ0) is 21.4. The molecule has 1 aliphatic heterocycles. The van der Waals surface area contributed by atoms with Crippen molar-refractivity contribution in [1.82, 2.24) is 24.7 Å². The van der Waals surface area contributed by atoms with E-state index in [1.54, 1.807) is 29.9 Å². The zero-order valence-electron chi connectivity index (χ0n) is 17.6. The lowest BCUT2D eigenvalue weighted by Gasteiger charge is -2.20. The molecule has 1 saturated heterocycles. The predicted octanol–water partition coefficient (Wildman–Crippen LogP) is 3.00. The second-order valence-corrected chi connectivity index (χ2v) is 7.45. The molecule has 0 radical (unpaired) electrons. The molecule has 2 N–H and O–H groups in total. The van der Waals surface area contributed by atoms with Gasteiger partial charge in [0.1, 0.15) is 11.5 Å². The molecular weight excluding hydrogens is 385 g/mol. The molecular formula is C21H30FN7O. The largest absolute Gasteiger partial charge is 0.355 e. The number of hydrogen-bond acceptors (Lipinski definition) is 6. The molecule has 3 aromatic heterocycles. The Bertz CT molecular complexity index is 1060. The molecule has 0 bridgehead atoms. The van der Waals surface area contributed by atoms with Crippen LogP contribution in [0, 0.1) is 24.6 Å². The highest BCUT2D eigenvalue weighted by Crippen LogP contribution is 2.46. The van der Waals surface area contributed by atoms with Crippen molar-refractivity contribution in [2.24, 2.45) is 11.8 Å². The molecule has 1 saturated carbocycles. The van der Waals surface area contributed by atoms with Crippen LogP contribution in [0.4, 0.5) is 15.9 Å². The van der Waals surface area contributed by atoms with Gasteiger partial charge in [0, 0.05) is 40.4 Å². The quantitative estimate of drug-likeness (QED) is 0.681. The van der Waals surface area contributed by atoms with Crippen molar-refractivity contribution in [2.45, 2.75) is 26.8 Å². The number of aromatic nitrogens is 4. The molecule has 1 aliphatic carbocycles. The minimum absolute atomic E-state index is 0. The number of pyridine rings is 1. The van der Waals surface area contributed by atoms with Gasteiger partial charge in [0.05, 0.1) is 23.8 Å². The van der Waals surface area contributed by atoms with Crippen molar-refractivity contribution in [3.8, 4) is 0 Å². The fourth-order valence-corrected chi connectivity index (χ4v) is 4.19. The third kappa shape index (κ3) is 3.60. The lowest BCUT2D eigenvalue weighted by atomic mass is 10.3. The highest BCUT2D eigenvalue weighted by Gasteiger charge is 2.55. The maximum Gasteiger partial charge on any atom is 0.275 e. The van der Waals surface area contributed by atoms with Crippen molar-refractivity contribution >= 4 is 23.1 Å². The number of hydrogen-bond donors (Lipinski definition) is 2. The van der Waals surface area contributed by atoms with Gasteiger partial charge in [-0.15, -0.1) is 0 Å². The molecule has 5 rings (SSSR count). The van der Waals surface area contributed by atoms with Crippen molar-refractivity contribution < 1.29 is 12.0 Å².